The van der Waals surface area contributed by atoms with Crippen LogP contribution in [-0.4, -0.2) is 101 Å². The number of hydrogen-bond donors (Lipinski definition) is 0. The van der Waals surface area contributed by atoms with Gasteiger partial charge in [0.05, 0.1) is 32.7 Å². The molecule has 4 fully saturated rings. The zero-order chi connectivity index (χ0) is 52.7. The van der Waals surface area contributed by atoms with Crippen molar-refractivity contribution >= 4 is 17.9 Å². The number of rotatable bonds is 50. The summed E-state index contributed by atoms with van der Waals surface area (Å²) in [5, 5.41) is 0. The van der Waals surface area contributed by atoms with Crippen molar-refractivity contribution in [2.75, 3.05) is 65.9 Å². The highest BCUT2D eigenvalue weighted by Gasteiger charge is 2.60. The number of carbonyl (C=O) groups is 3. The summed E-state index contributed by atoms with van der Waals surface area (Å²) in [6.07, 6.45) is 36.9. The highest BCUT2D eigenvalue weighted by Crippen LogP contribution is 2.66. The molecular weight excluding hydrogens is 919 g/mol. The first-order valence-corrected chi connectivity index (χ1v) is 31.2. The number of fused-ring (bicyclic) bond motifs is 1. The van der Waals surface area contributed by atoms with Gasteiger partial charge in [0.15, 0.2) is 12.6 Å². The number of esters is 3. The lowest BCUT2D eigenvalue weighted by molar-refractivity contribution is -0.170. The molecule has 0 spiro atoms. The summed E-state index contributed by atoms with van der Waals surface area (Å²) >= 11 is 0. The monoisotopic (exact) mass is 1030 g/mol. The van der Waals surface area contributed by atoms with E-state index < -0.39 is 12.6 Å². The van der Waals surface area contributed by atoms with Gasteiger partial charge in [-0.3, -0.25) is 14.4 Å². The lowest BCUT2D eigenvalue weighted by atomic mass is 9.51. The highest BCUT2D eigenvalue weighted by atomic mass is 16.7. The van der Waals surface area contributed by atoms with Crippen LogP contribution in [-0.2, 0) is 47.5 Å². The maximum Gasteiger partial charge on any atom is 0.305 e. The largest absolute Gasteiger partial charge is 0.465 e. The summed E-state index contributed by atoms with van der Waals surface area (Å²) in [7, 11) is 0. The van der Waals surface area contributed by atoms with Crippen LogP contribution < -0.4 is 0 Å². The van der Waals surface area contributed by atoms with E-state index in [1.54, 1.807) is 0 Å². The third-order valence-corrected chi connectivity index (χ3v) is 16.6. The van der Waals surface area contributed by atoms with Crippen LogP contribution in [0.1, 0.15) is 279 Å². The molecule has 73 heavy (non-hydrogen) atoms. The summed E-state index contributed by atoms with van der Waals surface area (Å²) in [6, 6.07) is 0. The smallest absolute Gasteiger partial charge is 0.305 e. The minimum absolute atomic E-state index is 0.124. The van der Waals surface area contributed by atoms with Gasteiger partial charge in [0.2, 0.25) is 0 Å². The number of carbonyl (C=O) groups excluding carboxylic acids is 3. The Morgan fingerprint density at radius 1 is 0.411 bits per heavy atom. The van der Waals surface area contributed by atoms with Crippen molar-refractivity contribution in [3.8, 4) is 0 Å². The standard InChI is InChI=1S/C62H115NO10/c1-7-13-17-21-25-29-42-67-58(68-43-30-26-22-18-14-8-2)37-35-56(65)72-52-61-40-39-60(51-71-55(64)34-33-41-63(11-5)12-6)46-54(47-61)48-62(49-60,50-61)53-73-57(66)36-38-59(69-44-31-27-23-19-15-9-3)70-45-32-28-24-20-16-10-4/h54,58-59H,7-53H2,1-6H3. The van der Waals surface area contributed by atoms with Crippen molar-refractivity contribution in [2.45, 2.75) is 292 Å². The van der Waals surface area contributed by atoms with E-state index in [4.69, 9.17) is 33.2 Å². The predicted octanol–water partition coefficient (Wildman–Crippen LogP) is 15.8. The first kappa shape index (κ1) is 65.5. The van der Waals surface area contributed by atoms with Crippen molar-refractivity contribution in [3.63, 3.8) is 0 Å². The van der Waals surface area contributed by atoms with Gasteiger partial charge in [-0.15, -0.1) is 0 Å². The van der Waals surface area contributed by atoms with Gasteiger partial charge < -0.3 is 38.1 Å². The normalized spacial score (nSPS) is 21.4. The molecule has 0 aromatic carbocycles. The Morgan fingerprint density at radius 2 is 0.726 bits per heavy atom. The molecule has 0 heterocycles. The van der Waals surface area contributed by atoms with Crippen LogP contribution in [0.15, 0.2) is 0 Å². The third-order valence-electron chi connectivity index (χ3n) is 16.6. The molecule has 0 aliphatic heterocycles. The first-order chi connectivity index (χ1) is 35.6. The summed E-state index contributed by atoms with van der Waals surface area (Å²) < 4.78 is 43.9. The summed E-state index contributed by atoms with van der Waals surface area (Å²) in [6.45, 7) is 19.8. The molecule has 0 amide bonds. The van der Waals surface area contributed by atoms with Gasteiger partial charge in [-0.05, 0) is 103 Å². The van der Waals surface area contributed by atoms with Gasteiger partial charge in [-0.1, -0.05) is 170 Å². The van der Waals surface area contributed by atoms with E-state index in [1.807, 2.05) is 0 Å². The molecule has 11 heteroatoms. The predicted molar refractivity (Wildman–Crippen MR) is 296 cm³/mol. The Bertz CT molecular complexity index is 1360. The molecule has 0 radical (unpaired) electrons. The van der Waals surface area contributed by atoms with Crippen LogP contribution in [0.3, 0.4) is 0 Å². The number of hydrogen-bond acceptors (Lipinski definition) is 11. The van der Waals surface area contributed by atoms with Crippen LogP contribution in [0.25, 0.3) is 0 Å². The Hall–Kier alpha value is -1.79. The van der Waals surface area contributed by atoms with Crippen molar-refractivity contribution in [2.24, 2.45) is 22.2 Å². The quantitative estimate of drug-likeness (QED) is 0.0251. The van der Waals surface area contributed by atoms with E-state index >= 15 is 0 Å². The Kier molecular flexibility index (Phi) is 36.3. The van der Waals surface area contributed by atoms with E-state index in [-0.39, 0.29) is 47.0 Å². The van der Waals surface area contributed by atoms with Gasteiger partial charge in [-0.2, -0.15) is 0 Å². The molecule has 4 unspecified atom stereocenters. The molecule has 4 bridgehead atoms. The average Bonchev–Trinajstić information content (AvgIpc) is 3.56. The molecule has 0 N–H and O–H groups in total. The highest BCUT2D eigenvalue weighted by molar-refractivity contribution is 5.70. The molecule has 428 valence electrons. The number of ether oxygens (including phenoxy) is 7. The Balaban J connectivity index is 1.66. The van der Waals surface area contributed by atoms with Crippen LogP contribution in [0.5, 0.6) is 0 Å². The van der Waals surface area contributed by atoms with Crippen molar-refractivity contribution < 1.29 is 47.5 Å². The summed E-state index contributed by atoms with van der Waals surface area (Å²) in [5.74, 6) is -0.173. The zero-order valence-electron chi connectivity index (χ0n) is 48.5. The van der Waals surface area contributed by atoms with Crippen LogP contribution in [0.4, 0.5) is 0 Å². The van der Waals surface area contributed by atoms with Crippen LogP contribution >= 0.6 is 0 Å². The van der Waals surface area contributed by atoms with Crippen molar-refractivity contribution in [1.82, 2.24) is 4.90 Å². The minimum atomic E-state index is -0.418. The van der Waals surface area contributed by atoms with Crippen LogP contribution in [0, 0.1) is 22.2 Å². The van der Waals surface area contributed by atoms with Gasteiger partial charge in [0.25, 0.3) is 0 Å². The number of nitrogens with zero attached hydrogens (tertiary/aromatic N) is 1. The third kappa shape index (κ3) is 29.0. The average molecular weight is 1030 g/mol. The lowest BCUT2D eigenvalue weighted by Crippen LogP contribution is -2.50. The maximum absolute atomic E-state index is 13.8. The number of unbranched alkanes of at least 4 members (excludes halogenated alkanes) is 20. The van der Waals surface area contributed by atoms with E-state index in [0.29, 0.717) is 71.4 Å². The van der Waals surface area contributed by atoms with E-state index in [0.717, 1.165) is 122 Å². The fourth-order valence-electron chi connectivity index (χ4n) is 12.6. The van der Waals surface area contributed by atoms with E-state index in [1.165, 1.54) is 103 Å². The molecule has 4 rings (SSSR count). The molecule has 4 atom stereocenters. The van der Waals surface area contributed by atoms with E-state index in [9.17, 15) is 14.4 Å². The van der Waals surface area contributed by atoms with Gasteiger partial charge in [0, 0.05) is 61.9 Å². The Morgan fingerprint density at radius 3 is 1.08 bits per heavy atom. The van der Waals surface area contributed by atoms with Gasteiger partial charge in [0.1, 0.15) is 0 Å². The molecule has 11 nitrogen and oxygen atoms in total. The van der Waals surface area contributed by atoms with E-state index in [2.05, 4.69) is 46.4 Å². The second kappa shape index (κ2) is 40.4. The first-order valence-electron chi connectivity index (χ1n) is 31.2. The Labute approximate surface area is 448 Å². The molecule has 4 aliphatic carbocycles. The van der Waals surface area contributed by atoms with Crippen molar-refractivity contribution in [1.29, 1.82) is 0 Å². The molecule has 4 saturated carbocycles. The molecule has 0 aromatic heterocycles. The second-order valence-electron chi connectivity index (χ2n) is 23.4. The van der Waals surface area contributed by atoms with Crippen LogP contribution in [0.2, 0.25) is 0 Å². The topological polar surface area (TPSA) is 119 Å². The van der Waals surface area contributed by atoms with Gasteiger partial charge >= 0.3 is 17.9 Å². The lowest BCUT2D eigenvalue weighted by Gasteiger charge is -2.54. The summed E-state index contributed by atoms with van der Waals surface area (Å²) in [4.78, 5) is 43.1. The molecule has 0 aromatic rings. The second-order valence-corrected chi connectivity index (χ2v) is 23.4. The molecule has 4 aliphatic rings. The zero-order valence-corrected chi connectivity index (χ0v) is 48.5. The minimum Gasteiger partial charge on any atom is -0.465 e. The SMILES string of the molecule is CCCCCCCCOC(CCC(=O)OCC12CCC3(COC(=O)CCCN(CC)CC)CC(C1)CC(COC(=O)CCC(OCCCCCCCC)OCCCCCCCC)(C3)C2)OCCCCCCCC. The fraction of sp³-hybridized carbons (Fsp3) is 0.952. The fourth-order valence-corrected chi connectivity index (χ4v) is 12.6. The summed E-state index contributed by atoms with van der Waals surface area (Å²) in [5.41, 5.74) is -0.699. The van der Waals surface area contributed by atoms with Gasteiger partial charge in [-0.25, -0.2) is 0 Å². The molecule has 0 saturated heterocycles. The maximum atomic E-state index is 13.8. The van der Waals surface area contributed by atoms with Crippen molar-refractivity contribution in [3.05, 3.63) is 0 Å². The molecular formula is C62H115NO10.